The van der Waals surface area contributed by atoms with Crippen molar-refractivity contribution in [3.05, 3.63) is 105 Å². The van der Waals surface area contributed by atoms with Crippen LogP contribution in [-0.2, 0) is 4.79 Å². The van der Waals surface area contributed by atoms with E-state index in [0.29, 0.717) is 27.6 Å². The van der Waals surface area contributed by atoms with Gasteiger partial charge in [-0.3, -0.25) is 4.79 Å². The summed E-state index contributed by atoms with van der Waals surface area (Å²) in [5, 5.41) is 7.95. The smallest absolute Gasteiger partial charge is 0.163 e. The summed E-state index contributed by atoms with van der Waals surface area (Å²) < 4.78 is 14.6. The monoisotopic (exact) mass is 452 g/mol. The number of nitrogens with one attached hydrogen (secondary N) is 2. The molecule has 0 saturated heterocycles. The largest absolute Gasteiger partial charge is 0.372 e. The first kappa shape index (κ1) is 20.1. The molecule has 0 saturated carbocycles. The highest BCUT2D eigenvalue weighted by Gasteiger charge is 2.37. The molecule has 0 radical (unpaired) electrons. The Balaban J connectivity index is 1.63. The molecule has 6 heteroatoms. The summed E-state index contributed by atoms with van der Waals surface area (Å²) in [6.45, 7) is 0. The average molecular weight is 453 g/mol. The van der Waals surface area contributed by atoms with Crippen LogP contribution in [0, 0.1) is 5.82 Å². The van der Waals surface area contributed by atoms with E-state index in [0.717, 1.165) is 22.6 Å². The third kappa shape index (κ3) is 3.71. The molecule has 2 aliphatic rings. The number of carbonyl (C=O) groups is 1. The van der Waals surface area contributed by atoms with Crippen molar-refractivity contribution < 1.29 is 9.18 Å². The predicted octanol–water partition coefficient (Wildman–Crippen LogP) is 7.11. The third-order valence-corrected chi connectivity index (χ3v) is 6.50. The summed E-state index contributed by atoms with van der Waals surface area (Å²) in [7, 11) is 0. The zero-order valence-electron chi connectivity index (χ0n) is 16.5. The molecule has 31 heavy (non-hydrogen) atoms. The number of fused-ring (bicyclic) bond motifs is 1. The number of rotatable bonds is 2. The van der Waals surface area contributed by atoms with Gasteiger partial charge in [0, 0.05) is 39.2 Å². The predicted molar refractivity (Wildman–Crippen MR) is 123 cm³/mol. The molecule has 1 aliphatic heterocycles. The van der Waals surface area contributed by atoms with E-state index in [1.54, 1.807) is 12.1 Å². The molecule has 156 valence electrons. The van der Waals surface area contributed by atoms with Crippen LogP contribution in [0.4, 0.5) is 15.8 Å². The highest BCUT2D eigenvalue weighted by atomic mass is 35.5. The van der Waals surface area contributed by atoms with Gasteiger partial charge in [0.25, 0.3) is 0 Å². The molecule has 0 aromatic heterocycles. The van der Waals surface area contributed by atoms with Crippen LogP contribution in [0.2, 0.25) is 10.0 Å². The average Bonchev–Trinajstić information content (AvgIpc) is 2.91. The number of anilines is 2. The van der Waals surface area contributed by atoms with Crippen molar-refractivity contribution in [2.45, 2.75) is 24.8 Å². The van der Waals surface area contributed by atoms with E-state index in [2.05, 4.69) is 10.6 Å². The summed E-state index contributed by atoms with van der Waals surface area (Å²) in [4.78, 5) is 13.5. The molecule has 5 rings (SSSR count). The van der Waals surface area contributed by atoms with E-state index in [1.165, 1.54) is 6.07 Å². The van der Waals surface area contributed by atoms with Gasteiger partial charge in [0.15, 0.2) is 5.78 Å². The van der Waals surface area contributed by atoms with Crippen LogP contribution in [0.15, 0.2) is 78.0 Å². The van der Waals surface area contributed by atoms with Gasteiger partial charge < -0.3 is 10.6 Å². The number of ketones is 1. The van der Waals surface area contributed by atoms with Gasteiger partial charge in [0.05, 0.1) is 17.4 Å². The number of halogens is 3. The molecule has 0 unspecified atom stereocenters. The lowest BCUT2D eigenvalue weighted by molar-refractivity contribution is -0.116. The van der Waals surface area contributed by atoms with Crippen LogP contribution in [0.25, 0.3) is 0 Å². The van der Waals surface area contributed by atoms with Gasteiger partial charge in [0.2, 0.25) is 0 Å². The van der Waals surface area contributed by atoms with Crippen molar-refractivity contribution in [2.24, 2.45) is 0 Å². The second kappa shape index (κ2) is 8.03. The third-order valence-electron chi connectivity index (χ3n) is 5.92. The van der Waals surface area contributed by atoms with Crippen molar-refractivity contribution in [1.82, 2.24) is 0 Å². The molecule has 1 aliphatic carbocycles. The van der Waals surface area contributed by atoms with Crippen LogP contribution in [0.1, 0.15) is 35.9 Å². The maximum atomic E-state index is 14.6. The van der Waals surface area contributed by atoms with Crippen molar-refractivity contribution in [2.75, 3.05) is 10.6 Å². The minimum Gasteiger partial charge on any atom is -0.372 e. The van der Waals surface area contributed by atoms with Gasteiger partial charge >= 0.3 is 0 Å². The Bertz CT molecular complexity index is 1190. The first-order valence-electron chi connectivity index (χ1n) is 10.1. The Hall–Kier alpha value is -2.82. The van der Waals surface area contributed by atoms with Crippen LogP contribution in [0.5, 0.6) is 0 Å². The quantitative estimate of drug-likeness (QED) is 0.435. The lowest BCUT2D eigenvalue weighted by Gasteiger charge is -2.30. The summed E-state index contributed by atoms with van der Waals surface area (Å²) in [5.74, 6) is -0.738. The van der Waals surface area contributed by atoms with Gasteiger partial charge in [-0.25, -0.2) is 4.39 Å². The molecule has 0 fully saturated rings. The molecule has 0 amide bonds. The minimum absolute atomic E-state index is 0.0293. The number of benzene rings is 3. The number of para-hydroxylation sites is 2. The maximum Gasteiger partial charge on any atom is 0.163 e. The van der Waals surface area contributed by atoms with Crippen LogP contribution in [-0.4, -0.2) is 5.78 Å². The zero-order valence-corrected chi connectivity index (χ0v) is 18.0. The first-order chi connectivity index (χ1) is 15.0. The Labute approximate surface area is 189 Å². The molecule has 2 atom stereocenters. The summed E-state index contributed by atoms with van der Waals surface area (Å²) in [6, 6.07) is 19.6. The lowest BCUT2D eigenvalue weighted by atomic mass is 9.78. The number of Topliss-reactive ketones (excluding diaryl/α,β-unsaturated/α-hetero) is 1. The van der Waals surface area contributed by atoms with E-state index < -0.39 is 0 Å². The van der Waals surface area contributed by atoms with E-state index in [-0.39, 0.29) is 30.0 Å². The van der Waals surface area contributed by atoms with Crippen molar-refractivity contribution in [3.8, 4) is 0 Å². The molecule has 3 aromatic rings. The van der Waals surface area contributed by atoms with Gasteiger partial charge in [-0.05, 0) is 48.4 Å². The number of hydrogen-bond acceptors (Lipinski definition) is 3. The van der Waals surface area contributed by atoms with Crippen LogP contribution >= 0.6 is 23.2 Å². The van der Waals surface area contributed by atoms with Gasteiger partial charge in [-0.2, -0.15) is 0 Å². The standard InChI is InChI=1S/C25H19Cl2FN2O/c26-16-10-8-14(9-11-16)25-24-21(29-19-6-1-2-7-20(19)30-25)12-15(13-22(24)31)23-17(27)4-3-5-18(23)28/h1-11,15,25,29-30H,12-13H2/t15-,25+/m1/s1. The second-order valence-corrected chi connectivity index (χ2v) is 8.70. The van der Waals surface area contributed by atoms with Gasteiger partial charge in [0.1, 0.15) is 5.82 Å². The zero-order chi connectivity index (χ0) is 21.5. The van der Waals surface area contributed by atoms with E-state index >= 15 is 0 Å². The number of hydrogen-bond donors (Lipinski definition) is 2. The van der Waals surface area contributed by atoms with Crippen molar-refractivity contribution in [3.63, 3.8) is 0 Å². The Morgan fingerprint density at radius 3 is 2.35 bits per heavy atom. The van der Waals surface area contributed by atoms with Crippen LogP contribution < -0.4 is 10.6 Å². The Kier molecular flexibility index (Phi) is 5.20. The number of allylic oxidation sites excluding steroid dienone is 1. The molecule has 2 N–H and O–H groups in total. The van der Waals surface area contributed by atoms with Crippen molar-refractivity contribution >= 4 is 40.4 Å². The fourth-order valence-corrected chi connectivity index (χ4v) is 4.95. The molecular formula is C25H19Cl2FN2O. The minimum atomic E-state index is -0.379. The highest BCUT2D eigenvalue weighted by molar-refractivity contribution is 6.31. The van der Waals surface area contributed by atoms with Gasteiger partial charge in [-0.1, -0.05) is 53.5 Å². The summed E-state index contributed by atoms with van der Waals surface area (Å²) >= 11 is 12.4. The Morgan fingerprint density at radius 1 is 0.871 bits per heavy atom. The fraction of sp³-hybridized carbons (Fsp3) is 0.160. The van der Waals surface area contributed by atoms with Crippen molar-refractivity contribution in [1.29, 1.82) is 0 Å². The fourth-order valence-electron chi connectivity index (χ4n) is 4.50. The topological polar surface area (TPSA) is 41.1 Å². The molecule has 1 heterocycles. The SMILES string of the molecule is O=C1C[C@H](c2c(F)cccc2Cl)CC2=C1[C@H](c1ccc(Cl)cc1)Nc1ccccc1N2. The summed E-state index contributed by atoms with van der Waals surface area (Å²) in [5.41, 5.74) is 4.57. The van der Waals surface area contributed by atoms with Gasteiger partial charge in [-0.15, -0.1) is 0 Å². The van der Waals surface area contributed by atoms with Crippen LogP contribution in [0.3, 0.4) is 0 Å². The van der Waals surface area contributed by atoms with E-state index in [4.69, 9.17) is 23.2 Å². The lowest BCUT2D eigenvalue weighted by Crippen LogP contribution is -2.27. The normalized spacial score (nSPS) is 20.3. The molecule has 0 bridgehead atoms. The molecule has 0 spiro atoms. The summed E-state index contributed by atoms with van der Waals surface area (Å²) in [6.07, 6.45) is 0.686. The Morgan fingerprint density at radius 2 is 1.61 bits per heavy atom. The second-order valence-electron chi connectivity index (χ2n) is 7.86. The highest BCUT2D eigenvalue weighted by Crippen LogP contribution is 2.45. The number of carbonyl (C=O) groups excluding carboxylic acids is 1. The molecule has 3 aromatic carbocycles. The molecular weight excluding hydrogens is 434 g/mol. The maximum absolute atomic E-state index is 14.6. The van der Waals surface area contributed by atoms with E-state index in [1.807, 2.05) is 48.5 Å². The van der Waals surface area contributed by atoms with E-state index in [9.17, 15) is 9.18 Å². The first-order valence-corrected chi connectivity index (χ1v) is 10.8. The molecule has 3 nitrogen and oxygen atoms in total.